The second kappa shape index (κ2) is 6.27. The van der Waals surface area contributed by atoms with Crippen LogP contribution in [0.4, 0.5) is 0 Å². The number of sulfone groups is 1. The fraction of sp³-hybridized carbons (Fsp3) is 0.600. The smallest absolute Gasteiger partial charge is 0.150 e. The molecule has 0 N–H and O–H groups in total. The first-order valence-electron chi connectivity index (χ1n) is 6.96. The van der Waals surface area contributed by atoms with Gasteiger partial charge >= 0.3 is 0 Å². The monoisotopic (exact) mass is 300 g/mol. The molecule has 1 aromatic rings. The molecular weight excluding hydrogens is 280 g/mol. The Balaban J connectivity index is 2.01. The van der Waals surface area contributed by atoms with E-state index in [1.54, 1.807) is 0 Å². The molecule has 0 bridgehead atoms. The molecule has 4 heteroatoms. The second-order valence-electron chi connectivity index (χ2n) is 5.34. The Kier molecular flexibility index (Phi) is 4.91. The molecule has 0 spiro atoms. The van der Waals surface area contributed by atoms with Crippen LogP contribution in [0.2, 0.25) is 0 Å². The SMILES string of the molecule is CCCS(=O)(=O)CCC1CCc2ccccc2C1Cl. The zero-order valence-corrected chi connectivity index (χ0v) is 12.9. The maximum Gasteiger partial charge on any atom is 0.150 e. The van der Waals surface area contributed by atoms with Crippen molar-refractivity contribution in [3.63, 3.8) is 0 Å². The van der Waals surface area contributed by atoms with Crippen LogP contribution < -0.4 is 0 Å². The molecule has 2 unspecified atom stereocenters. The molecule has 2 nitrogen and oxygen atoms in total. The van der Waals surface area contributed by atoms with Crippen molar-refractivity contribution < 1.29 is 8.42 Å². The lowest BCUT2D eigenvalue weighted by molar-refractivity contribution is 0.430. The Morgan fingerprint density at radius 2 is 2.00 bits per heavy atom. The van der Waals surface area contributed by atoms with Crippen LogP contribution in [0.3, 0.4) is 0 Å². The lowest BCUT2D eigenvalue weighted by Crippen LogP contribution is -2.21. The van der Waals surface area contributed by atoms with Crippen LogP contribution in [0.1, 0.15) is 42.7 Å². The lowest BCUT2D eigenvalue weighted by Gasteiger charge is -2.29. The summed E-state index contributed by atoms with van der Waals surface area (Å²) >= 11 is 6.52. The molecule has 1 aromatic carbocycles. The van der Waals surface area contributed by atoms with E-state index >= 15 is 0 Å². The predicted octanol–water partition coefficient (Wildman–Crippen LogP) is 3.74. The topological polar surface area (TPSA) is 34.1 Å². The van der Waals surface area contributed by atoms with Gasteiger partial charge in [0, 0.05) is 5.75 Å². The average Bonchev–Trinajstić information content (AvgIpc) is 2.38. The predicted molar refractivity (Wildman–Crippen MR) is 80.4 cm³/mol. The van der Waals surface area contributed by atoms with E-state index in [0.717, 1.165) is 12.8 Å². The summed E-state index contributed by atoms with van der Waals surface area (Å²) in [5, 5.41) is -0.0400. The zero-order chi connectivity index (χ0) is 13.9. The van der Waals surface area contributed by atoms with Crippen molar-refractivity contribution in [3.05, 3.63) is 35.4 Å². The van der Waals surface area contributed by atoms with Crippen molar-refractivity contribution in [2.75, 3.05) is 11.5 Å². The van der Waals surface area contributed by atoms with Gasteiger partial charge in [0.15, 0.2) is 0 Å². The normalized spacial score (nSPS) is 23.1. The Morgan fingerprint density at radius 1 is 1.26 bits per heavy atom. The van der Waals surface area contributed by atoms with Crippen molar-refractivity contribution in [2.24, 2.45) is 5.92 Å². The summed E-state index contributed by atoms with van der Waals surface area (Å²) in [5.74, 6) is 0.850. The molecular formula is C15H21ClO2S. The van der Waals surface area contributed by atoms with Crippen molar-refractivity contribution in [2.45, 2.75) is 38.0 Å². The minimum atomic E-state index is -2.89. The minimum absolute atomic E-state index is 0.0400. The maximum absolute atomic E-state index is 11.8. The molecule has 0 amide bonds. The zero-order valence-electron chi connectivity index (χ0n) is 11.3. The molecule has 1 aliphatic rings. The van der Waals surface area contributed by atoms with E-state index in [4.69, 9.17) is 11.6 Å². The van der Waals surface area contributed by atoms with E-state index in [-0.39, 0.29) is 17.0 Å². The number of aryl methyl sites for hydroxylation is 1. The molecule has 0 saturated carbocycles. The Bertz CT molecular complexity index is 525. The highest BCUT2D eigenvalue weighted by atomic mass is 35.5. The van der Waals surface area contributed by atoms with Gasteiger partial charge in [-0.2, -0.15) is 0 Å². The van der Waals surface area contributed by atoms with Gasteiger partial charge in [-0.05, 0) is 42.7 Å². The van der Waals surface area contributed by atoms with Crippen LogP contribution in [-0.4, -0.2) is 19.9 Å². The number of halogens is 1. The molecule has 2 rings (SSSR count). The van der Waals surface area contributed by atoms with E-state index in [2.05, 4.69) is 12.1 Å². The summed E-state index contributed by atoms with van der Waals surface area (Å²) in [7, 11) is -2.89. The summed E-state index contributed by atoms with van der Waals surface area (Å²) in [6, 6.07) is 8.23. The van der Waals surface area contributed by atoms with Crippen molar-refractivity contribution in [1.29, 1.82) is 0 Å². The minimum Gasteiger partial charge on any atom is -0.229 e. The maximum atomic E-state index is 11.8. The van der Waals surface area contributed by atoms with Crippen molar-refractivity contribution in [1.82, 2.24) is 0 Å². The summed E-state index contributed by atoms with van der Waals surface area (Å²) in [6.45, 7) is 1.90. The molecule has 0 aromatic heterocycles. The number of hydrogen-bond acceptors (Lipinski definition) is 2. The molecule has 0 saturated heterocycles. The summed E-state index contributed by atoms with van der Waals surface area (Å²) in [4.78, 5) is 0. The van der Waals surface area contributed by atoms with Gasteiger partial charge in [0.25, 0.3) is 0 Å². The fourth-order valence-corrected chi connectivity index (χ4v) is 4.76. The van der Waals surface area contributed by atoms with Gasteiger partial charge in [-0.1, -0.05) is 31.2 Å². The van der Waals surface area contributed by atoms with Gasteiger partial charge in [-0.3, -0.25) is 0 Å². The third kappa shape index (κ3) is 3.73. The average molecular weight is 301 g/mol. The molecule has 1 aliphatic carbocycles. The van der Waals surface area contributed by atoms with E-state index in [9.17, 15) is 8.42 Å². The Labute approximate surface area is 121 Å². The summed E-state index contributed by atoms with van der Waals surface area (Å²) < 4.78 is 23.6. The van der Waals surface area contributed by atoms with E-state index in [1.165, 1.54) is 11.1 Å². The highest BCUT2D eigenvalue weighted by Crippen LogP contribution is 2.40. The third-order valence-electron chi connectivity index (χ3n) is 3.87. The molecule has 2 atom stereocenters. The number of fused-ring (bicyclic) bond motifs is 1. The number of rotatable bonds is 5. The van der Waals surface area contributed by atoms with E-state index in [0.29, 0.717) is 18.6 Å². The molecule has 0 fully saturated rings. The van der Waals surface area contributed by atoms with Gasteiger partial charge in [0.1, 0.15) is 9.84 Å². The summed E-state index contributed by atoms with van der Waals surface area (Å²) in [5.41, 5.74) is 2.50. The Hall–Kier alpha value is -0.540. The molecule has 0 aliphatic heterocycles. The van der Waals surface area contributed by atoms with Gasteiger partial charge in [0.05, 0.1) is 11.1 Å². The standard InChI is InChI=1S/C15H21ClO2S/c1-2-10-19(17,18)11-9-13-8-7-12-5-3-4-6-14(12)15(13)16/h3-6,13,15H,2,7-11H2,1H3. The molecule has 0 radical (unpaired) electrons. The van der Waals surface area contributed by atoms with E-state index in [1.807, 2.05) is 19.1 Å². The first-order valence-corrected chi connectivity index (χ1v) is 9.21. The van der Waals surface area contributed by atoms with E-state index < -0.39 is 9.84 Å². The molecule has 19 heavy (non-hydrogen) atoms. The highest BCUT2D eigenvalue weighted by Gasteiger charge is 2.28. The number of alkyl halides is 1. The van der Waals surface area contributed by atoms with Crippen LogP contribution in [0, 0.1) is 5.92 Å². The van der Waals surface area contributed by atoms with Gasteiger partial charge in [-0.15, -0.1) is 11.6 Å². The van der Waals surface area contributed by atoms with Crippen LogP contribution >= 0.6 is 11.6 Å². The van der Waals surface area contributed by atoms with Gasteiger partial charge < -0.3 is 0 Å². The number of benzene rings is 1. The van der Waals surface area contributed by atoms with Crippen LogP contribution in [0.5, 0.6) is 0 Å². The first kappa shape index (κ1) is 14.9. The van der Waals surface area contributed by atoms with Crippen molar-refractivity contribution in [3.8, 4) is 0 Å². The molecule has 0 heterocycles. The van der Waals surface area contributed by atoms with Crippen molar-refractivity contribution >= 4 is 21.4 Å². The lowest BCUT2D eigenvalue weighted by atomic mass is 9.82. The van der Waals surface area contributed by atoms with Crippen LogP contribution in [-0.2, 0) is 16.3 Å². The third-order valence-corrected chi connectivity index (χ3v) is 6.34. The van der Waals surface area contributed by atoms with Gasteiger partial charge in [0.2, 0.25) is 0 Å². The second-order valence-corrected chi connectivity index (χ2v) is 8.11. The molecule has 106 valence electrons. The Morgan fingerprint density at radius 3 is 2.74 bits per heavy atom. The largest absolute Gasteiger partial charge is 0.229 e. The first-order chi connectivity index (χ1) is 9.03. The van der Waals surface area contributed by atoms with Crippen LogP contribution in [0.25, 0.3) is 0 Å². The summed E-state index contributed by atoms with van der Waals surface area (Å²) in [6.07, 6.45) is 3.38. The van der Waals surface area contributed by atoms with Crippen LogP contribution in [0.15, 0.2) is 24.3 Å². The highest BCUT2D eigenvalue weighted by molar-refractivity contribution is 7.91. The fourth-order valence-electron chi connectivity index (χ4n) is 2.81. The quantitative estimate of drug-likeness (QED) is 0.776. The van der Waals surface area contributed by atoms with Gasteiger partial charge in [-0.25, -0.2) is 8.42 Å². The number of hydrogen-bond donors (Lipinski definition) is 0.